The first-order valence-electron chi connectivity index (χ1n) is 9.21. The molecule has 5 nitrogen and oxygen atoms in total. The summed E-state index contributed by atoms with van der Waals surface area (Å²) in [5, 5.41) is 0. The molecule has 0 aliphatic heterocycles. The second kappa shape index (κ2) is 10.1. The van der Waals surface area contributed by atoms with Crippen molar-refractivity contribution in [3.05, 3.63) is 29.8 Å². The molecule has 0 N–H and O–H groups in total. The van der Waals surface area contributed by atoms with Crippen molar-refractivity contribution in [1.82, 2.24) is 4.90 Å². The average Bonchev–Trinajstić information content (AvgIpc) is 3.38. The zero-order valence-corrected chi connectivity index (χ0v) is 15.3. The third-order valence-electron chi connectivity index (χ3n) is 4.20. The van der Waals surface area contributed by atoms with Crippen molar-refractivity contribution in [1.29, 1.82) is 0 Å². The third-order valence-corrected chi connectivity index (χ3v) is 4.20. The minimum atomic E-state index is -0.320. The minimum absolute atomic E-state index is 0.0375. The number of ether oxygens (including phenoxy) is 2. The average molecular weight is 347 g/mol. The highest BCUT2D eigenvalue weighted by Crippen LogP contribution is 2.30. The number of carbonyl (C=O) groups is 2. The van der Waals surface area contributed by atoms with E-state index in [4.69, 9.17) is 9.47 Å². The molecule has 5 heteroatoms. The van der Waals surface area contributed by atoms with Gasteiger partial charge in [-0.25, -0.2) is 0 Å². The van der Waals surface area contributed by atoms with Gasteiger partial charge < -0.3 is 14.4 Å². The number of nitrogens with zero attached hydrogens (tertiary/aromatic N) is 1. The quantitative estimate of drug-likeness (QED) is 0.455. The maximum atomic E-state index is 12.4. The van der Waals surface area contributed by atoms with Crippen LogP contribution in [-0.2, 0) is 14.3 Å². The van der Waals surface area contributed by atoms with Crippen molar-refractivity contribution in [3.63, 3.8) is 0 Å². The van der Waals surface area contributed by atoms with Gasteiger partial charge in [0.15, 0.2) is 0 Å². The van der Waals surface area contributed by atoms with Gasteiger partial charge in [-0.1, -0.05) is 12.1 Å². The van der Waals surface area contributed by atoms with Gasteiger partial charge in [0.2, 0.25) is 5.91 Å². The van der Waals surface area contributed by atoms with Crippen LogP contribution >= 0.6 is 0 Å². The molecule has 1 aromatic rings. The van der Waals surface area contributed by atoms with Crippen LogP contribution in [0.25, 0.3) is 0 Å². The molecule has 0 radical (unpaired) electrons. The topological polar surface area (TPSA) is 55.8 Å². The first kappa shape index (κ1) is 19.3. The first-order valence-corrected chi connectivity index (χ1v) is 9.21. The van der Waals surface area contributed by atoms with E-state index >= 15 is 0 Å². The molecule has 0 atom stereocenters. The summed E-state index contributed by atoms with van der Waals surface area (Å²) in [4.78, 5) is 25.7. The number of aryl methyl sites for hydroxylation is 1. The van der Waals surface area contributed by atoms with Crippen molar-refractivity contribution in [2.45, 2.75) is 46.0 Å². The van der Waals surface area contributed by atoms with Gasteiger partial charge >= 0.3 is 5.97 Å². The summed E-state index contributed by atoms with van der Waals surface area (Å²) in [5.74, 6) is 1.14. The number of hydrogen-bond donors (Lipinski definition) is 0. The maximum Gasteiger partial charge on any atom is 0.325 e. The Morgan fingerprint density at radius 3 is 2.72 bits per heavy atom. The molecule has 2 rings (SSSR count). The molecule has 0 spiro atoms. The van der Waals surface area contributed by atoms with Gasteiger partial charge in [0.1, 0.15) is 12.3 Å². The first-order chi connectivity index (χ1) is 12.1. The third kappa shape index (κ3) is 7.59. The molecule has 1 fully saturated rings. The van der Waals surface area contributed by atoms with Crippen LogP contribution in [0.5, 0.6) is 5.75 Å². The Morgan fingerprint density at radius 2 is 2.04 bits per heavy atom. The van der Waals surface area contributed by atoms with Gasteiger partial charge in [-0.05, 0) is 63.1 Å². The largest absolute Gasteiger partial charge is 0.494 e. The molecular formula is C20H29NO4. The summed E-state index contributed by atoms with van der Waals surface area (Å²) >= 11 is 0. The lowest BCUT2D eigenvalue weighted by Gasteiger charge is -2.21. The molecule has 0 bridgehead atoms. The zero-order chi connectivity index (χ0) is 18.1. The molecule has 0 saturated heterocycles. The highest BCUT2D eigenvalue weighted by atomic mass is 16.5. The number of esters is 1. The maximum absolute atomic E-state index is 12.4. The van der Waals surface area contributed by atoms with Gasteiger partial charge in [0.25, 0.3) is 0 Å². The lowest BCUT2D eigenvalue weighted by Crippen LogP contribution is -2.37. The van der Waals surface area contributed by atoms with Crippen LogP contribution in [0.15, 0.2) is 24.3 Å². The van der Waals surface area contributed by atoms with Crippen LogP contribution in [0.2, 0.25) is 0 Å². The lowest BCUT2D eigenvalue weighted by molar-refractivity contribution is -0.149. The van der Waals surface area contributed by atoms with Gasteiger partial charge in [0.05, 0.1) is 13.2 Å². The van der Waals surface area contributed by atoms with Gasteiger partial charge in [-0.3, -0.25) is 9.59 Å². The second-order valence-corrected chi connectivity index (χ2v) is 6.64. The summed E-state index contributed by atoms with van der Waals surface area (Å²) in [6, 6.07) is 7.94. The van der Waals surface area contributed by atoms with E-state index in [1.807, 2.05) is 31.2 Å². The predicted molar refractivity (Wildman–Crippen MR) is 96.5 cm³/mol. The van der Waals surface area contributed by atoms with Crippen molar-refractivity contribution in [3.8, 4) is 5.75 Å². The highest BCUT2D eigenvalue weighted by molar-refractivity contribution is 5.82. The molecule has 25 heavy (non-hydrogen) atoms. The molecule has 1 aliphatic carbocycles. The van der Waals surface area contributed by atoms with E-state index in [1.165, 1.54) is 5.56 Å². The van der Waals surface area contributed by atoms with E-state index in [9.17, 15) is 9.59 Å². The normalized spacial score (nSPS) is 13.4. The van der Waals surface area contributed by atoms with E-state index < -0.39 is 0 Å². The fraction of sp³-hybridized carbons (Fsp3) is 0.600. The van der Waals surface area contributed by atoms with E-state index in [1.54, 1.807) is 11.8 Å². The summed E-state index contributed by atoms with van der Waals surface area (Å²) in [6.07, 6.45) is 4.32. The van der Waals surface area contributed by atoms with Crippen molar-refractivity contribution in [2.24, 2.45) is 5.92 Å². The summed E-state index contributed by atoms with van der Waals surface area (Å²) < 4.78 is 10.7. The molecular weight excluding hydrogens is 318 g/mol. The Kier molecular flexibility index (Phi) is 7.76. The Hall–Kier alpha value is -2.04. The fourth-order valence-electron chi connectivity index (χ4n) is 2.66. The van der Waals surface area contributed by atoms with E-state index in [-0.39, 0.29) is 18.4 Å². The van der Waals surface area contributed by atoms with Crippen LogP contribution in [0.3, 0.4) is 0 Å². The van der Waals surface area contributed by atoms with Crippen molar-refractivity contribution in [2.75, 3.05) is 26.3 Å². The number of amides is 1. The number of carbonyl (C=O) groups excluding carboxylic acids is 2. The molecule has 0 unspecified atom stereocenters. The Balaban J connectivity index is 1.67. The number of unbranched alkanes of at least 4 members (excludes halogenated alkanes) is 1. The molecule has 1 amide bonds. The Bertz CT molecular complexity index is 569. The van der Waals surface area contributed by atoms with Crippen molar-refractivity contribution < 1.29 is 19.1 Å². The molecule has 0 heterocycles. The van der Waals surface area contributed by atoms with Crippen LogP contribution in [-0.4, -0.2) is 43.1 Å². The highest BCUT2D eigenvalue weighted by Gasteiger charge is 2.27. The fourth-order valence-corrected chi connectivity index (χ4v) is 2.66. The predicted octanol–water partition coefficient (Wildman–Crippen LogP) is 3.35. The molecule has 1 aromatic carbocycles. The van der Waals surface area contributed by atoms with Gasteiger partial charge in [-0.2, -0.15) is 0 Å². The zero-order valence-electron chi connectivity index (χ0n) is 15.3. The van der Waals surface area contributed by atoms with Gasteiger partial charge in [-0.15, -0.1) is 0 Å². The minimum Gasteiger partial charge on any atom is -0.494 e. The second-order valence-electron chi connectivity index (χ2n) is 6.64. The number of rotatable bonds is 11. The van der Waals surface area contributed by atoms with E-state index in [0.29, 0.717) is 32.1 Å². The van der Waals surface area contributed by atoms with Gasteiger partial charge in [0, 0.05) is 13.0 Å². The Labute approximate surface area is 150 Å². The lowest BCUT2D eigenvalue weighted by atomic mass is 10.2. The molecule has 0 aromatic heterocycles. The van der Waals surface area contributed by atoms with Crippen LogP contribution in [0.4, 0.5) is 0 Å². The van der Waals surface area contributed by atoms with Crippen LogP contribution in [0, 0.1) is 12.8 Å². The van der Waals surface area contributed by atoms with Crippen LogP contribution in [0.1, 0.15) is 44.6 Å². The van der Waals surface area contributed by atoms with E-state index in [2.05, 4.69) is 0 Å². The smallest absolute Gasteiger partial charge is 0.325 e. The molecule has 1 saturated carbocycles. The Morgan fingerprint density at radius 1 is 1.24 bits per heavy atom. The van der Waals surface area contributed by atoms with Crippen molar-refractivity contribution >= 4 is 11.9 Å². The number of benzene rings is 1. The standard InChI is InChI=1S/C20H29NO4/c1-3-24-20(23)15-21(14-17-10-11-17)19(22)9-4-5-12-25-18-8-6-7-16(2)13-18/h6-8,13,17H,3-5,9-12,14-15H2,1-2H3. The summed E-state index contributed by atoms with van der Waals surface area (Å²) in [7, 11) is 0. The number of hydrogen-bond acceptors (Lipinski definition) is 4. The summed E-state index contributed by atoms with van der Waals surface area (Å²) in [5.41, 5.74) is 1.17. The summed E-state index contributed by atoms with van der Waals surface area (Å²) in [6.45, 7) is 5.50. The molecule has 138 valence electrons. The SMILES string of the molecule is CCOC(=O)CN(CC1CC1)C(=O)CCCCOc1cccc(C)c1. The van der Waals surface area contributed by atoms with Crippen LogP contribution < -0.4 is 4.74 Å². The molecule has 1 aliphatic rings. The monoisotopic (exact) mass is 347 g/mol. The van der Waals surface area contributed by atoms with E-state index in [0.717, 1.165) is 31.4 Å².